The summed E-state index contributed by atoms with van der Waals surface area (Å²) in [7, 11) is 1.72. The molecule has 0 aromatic heterocycles. The van der Waals surface area contributed by atoms with Gasteiger partial charge in [0.05, 0.1) is 5.69 Å². The molecule has 78 valence electrons. The standard InChI is InChI=1S/C11H18N2O/c1-14-10-6-5-9-13(12)11-7-3-2-4-8-11/h2-4,7-8H,5-6,9-10,12H2,1H3. The molecule has 3 nitrogen and oxygen atoms in total. The summed E-state index contributed by atoms with van der Waals surface area (Å²) in [5.41, 5.74) is 1.06. The average molecular weight is 194 g/mol. The Balaban J connectivity index is 2.25. The second-order valence-electron chi connectivity index (χ2n) is 3.23. The highest BCUT2D eigenvalue weighted by molar-refractivity contribution is 5.43. The molecule has 1 aromatic rings. The van der Waals surface area contributed by atoms with Crippen LogP contribution in [0.5, 0.6) is 0 Å². The maximum absolute atomic E-state index is 5.87. The Morgan fingerprint density at radius 3 is 2.57 bits per heavy atom. The van der Waals surface area contributed by atoms with Gasteiger partial charge in [-0.1, -0.05) is 18.2 Å². The zero-order valence-electron chi connectivity index (χ0n) is 8.65. The largest absolute Gasteiger partial charge is 0.385 e. The lowest BCUT2D eigenvalue weighted by atomic mass is 10.3. The number of para-hydroxylation sites is 1. The fourth-order valence-electron chi connectivity index (χ4n) is 1.28. The quantitative estimate of drug-likeness (QED) is 0.426. The van der Waals surface area contributed by atoms with Crippen LogP contribution in [0.1, 0.15) is 12.8 Å². The molecule has 1 rings (SSSR count). The van der Waals surface area contributed by atoms with E-state index in [-0.39, 0.29) is 0 Å². The summed E-state index contributed by atoms with van der Waals surface area (Å²) in [5, 5.41) is 1.77. The molecule has 1 aromatic carbocycles. The van der Waals surface area contributed by atoms with Crippen LogP contribution in [-0.4, -0.2) is 20.3 Å². The Morgan fingerprint density at radius 2 is 1.93 bits per heavy atom. The third-order valence-corrected chi connectivity index (χ3v) is 2.09. The maximum Gasteiger partial charge on any atom is 0.0517 e. The van der Waals surface area contributed by atoms with Gasteiger partial charge in [-0.05, 0) is 25.0 Å². The summed E-state index contributed by atoms with van der Waals surface area (Å²) in [4.78, 5) is 0. The van der Waals surface area contributed by atoms with Crippen molar-refractivity contribution in [2.75, 3.05) is 25.3 Å². The molecule has 3 heteroatoms. The number of hydrogen-bond donors (Lipinski definition) is 1. The summed E-state index contributed by atoms with van der Waals surface area (Å²) < 4.78 is 4.97. The topological polar surface area (TPSA) is 38.5 Å². The van der Waals surface area contributed by atoms with E-state index in [4.69, 9.17) is 10.6 Å². The van der Waals surface area contributed by atoms with Crippen molar-refractivity contribution in [3.63, 3.8) is 0 Å². The fraction of sp³-hybridized carbons (Fsp3) is 0.455. The SMILES string of the molecule is COCCCCN(N)c1ccccc1. The van der Waals surface area contributed by atoms with E-state index in [9.17, 15) is 0 Å². The Hall–Kier alpha value is -1.06. The predicted octanol–water partition coefficient (Wildman–Crippen LogP) is 1.79. The number of methoxy groups -OCH3 is 1. The minimum Gasteiger partial charge on any atom is -0.385 e. The van der Waals surface area contributed by atoms with E-state index in [1.807, 2.05) is 30.3 Å². The first kappa shape index (κ1) is 11.0. The lowest BCUT2D eigenvalue weighted by molar-refractivity contribution is 0.193. The number of anilines is 1. The second kappa shape index (κ2) is 6.40. The molecule has 2 N–H and O–H groups in total. The van der Waals surface area contributed by atoms with E-state index in [0.717, 1.165) is 31.7 Å². The molecule has 14 heavy (non-hydrogen) atoms. The molecule has 0 amide bonds. The summed E-state index contributed by atoms with van der Waals surface area (Å²) in [6.07, 6.45) is 2.11. The van der Waals surface area contributed by atoms with Gasteiger partial charge in [0.2, 0.25) is 0 Å². The number of nitrogens with zero attached hydrogens (tertiary/aromatic N) is 1. The number of unbranched alkanes of at least 4 members (excludes halogenated alkanes) is 1. The number of hydrogen-bond acceptors (Lipinski definition) is 3. The molecule has 0 aliphatic heterocycles. The van der Waals surface area contributed by atoms with Gasteiger partial charge in [-0.2, -0.15) is 0 Å². The van der Waals surface area contributed by atoms with Crippen molar-refractivity contribution in [1.82, 2.24) is 0 Å². The van der Waals surface area contributed by atoms with E-state index >= 15 is 0 Å². The lowest BCUT2D eigenvalue weighted by Gasteiger charge is -2.18. The molecule has 0 spiro atoms. The molecular weight excluding hydrogens is 176 g/mol. The number of hydrazine groups is 1. The Kier molecular flexibility index (Phi) is 5.04. The Labute approximate surface area is 85.4 Å². The van der Waals surface area contributed by atoms with Gasteiger partial charge >= 0.3 is 0 Å². The van der Waals surface area contributed by atoms with E-state index in [0.29, 0.717) is 0 Å². The molecule has 0 saturated carbocycles. The van der Waals surface area contributed by atoms with Crippen LogP contribution in [0.25, 0.3) is 0 Å². The Morgan fingerprint density at radius 1 is 1.21 bits per heavy atom. The van der Waals surface area contributed by atoms with Gasteiger partial charge in [-0.25, -0.2) is 5.84 Å². The molecule has 0 saturated heterocycles. The van der Waals surface area contributed by atoms with Crippen LogP contribution in [0.15, 0.2) is 30.3 Å². The summed E-state index contributed by atoms with van der Waals surface area (Å²) in [6, 6.07) is 9.99. The molecule has 0 radical (unpaired) electrons. The van der Waals surface area contributed by atoms with E-state index < -0.39 is 0 Å². The number of benzene rings is 1. The van der Waals surface area contributed by atoms with E-state index in [1.54, 1.807) is 12.1 Å². The molecular formula is C11H18N2O. The highest BCUT2D eigenvalue weighted by Gasteiger charge is 1.98. The van der Waals surface area contributed by atoms with Crippen LogP contribution in [0, 0.1) is 0 Å². The predicted molar refractivity (Wildman–Crippen MR) is 59.1 cm³/mol. The first-order valence-electron chi connectivity index (χ1n) is 4.91. The average Bonchev–Trinajstić information content (AvgIpc) is 2.25. The van der Waals surface area contributed by atoms with Gasteiger partial charge in [0.1, 0.15) is 0 Å². The zero-order chi connectivity index (χ0) is 10.2. The molecule has 0 atom stereocenters. The van der Waals surface area contributed by atoms with Gasteiger partial charge in [0.25, 0.3) is 0 Å². The van der Waals surface area contributed by atoms with Crippen molar-refractivity contribution in [1.29, 1.82) is 0 Å². The highest BCUT2D eigenvalue weighted by atomic mass is 16.5. The smallest absolute Gasteiger partial charge is 0.0517 e. The van der Waals surface area contributed by atoms with Crippen molar-refractivity contribution < 1.29 is 4.74 Å². The number of ether oxygens (including phenoxy) is 1. The number of nitrogens with two attached hydrogens (primary N) is 1. The lowest BCUT2D eigenvalue weighted by Crippen LogP contribution is -2.31. The van der Waals surface area contributed by atoms with Crippen LogP contribution in [0.2, 0.25) is 0 Å². The van der Waals surface area contributed by atoms with E-state index in [2.05, 4.69) is 0 Å². The van der Waals surface area contributed by atoms with Crippen molar-refractivity contribution in [2.24, 2.45) is 5.84 Å². The van der Waals surface area contributed by atoms with E-state index in [1.165, 1.54) is 0 Å². The van der Waals surface area contributed by atoms with Crippen molar-refractivity contribution >= 4 is 5.69 Å². The van der Waals surface area contributed by atoms with Gasteiger partial charge in [0.15, 0.2) is 0 Å². The maximum atomic E-state index is 5.87. The van der Waals surface area contributed by atoms with Crippen LogP contribution >= 0.6 is 0 Å². The summed E-state index contributed by atoms with van der Waals surface area (Å²) >= 11 is 0. The van der Waals surface area contributed by atoms with Crippen molar-refractivity contribution in [2.45, 2.75) is 12.8 Å². The first-order valence-corrected chi connectivity index (χ1v) is 4.91. The van der Waals surface area contributed by atoms with Gasteiger partial charge < -0.3 is 9.75 Å². The third-order valence-electron chi connectivity index (χ3n) is 2.09. The van der Waals surface area contributed by atoms with Gasteiger partial charge in [-0.3, -0.25) is 0 Å². The van der Waals surface area contributed by atoms with Crippen LogP contribution in [0.4, 0.5) is 5.69 Å². The monoisotopic (exact) mass is 194 g/mol. The molecule has 0 bridgehead atoms. The zero-order valence-corrected chi connectivity index (χ0v) is 8.65. The second-order valence-corrected chi connectivity index (χ2v) is 3.23. The number of rotatable bonds is 6. The molecule has 0 heterocycles. The van der Waals surface area contributed by atoms with Crippen molar-refractivity contribution in [3.8, 4) is 0 Å². The van der Waals surface area contributed by atoms with Crippen LogP contribution < -0.4 is 10.9 Å². The molecule has 0 aliphatic carbocycles. The molecule has 0 unspecified atom stereocenters. The van der Waals surface area contributed by atoms with Gasteiger partial charge in [0, 0.05) is 20.3 Å². The molecule has 0 fully saturated rings. The minimum atomic E-state index is 0.808. The highest BCUT2D eigenvalue weighted by Crippen LogP contribution is 2.09. The van der Waals surface area contributed by atoms with Crippen LogP contribution in [-0.2, 0) is 4.74 Å². The fourth-order valence-corrected chi connectivity index (χ4v) is 1.28. The summed E-state index contributed by atoms with van der Waals surface area (Å²) in [6.45, 7) is 1.68. The minimum absolute atomic E-state index is 0.808. The summed E-state index contributed by atoms with van der Waals surface area (Å²) in [5.74, 6) is 5.87. The Bertz CT molecular complexity index is 238. The molecule has 0 aliphatic rings. The van der Waals surface area contributed by atoms with Crippen LogP contribution in [0.3, 0.4) is 0 Å². The van der Waals surface area contributed by atoms with Gasteiger partial charge in [-0.15, -0.1) is 0 Å². The first-order chi connectivity index (χ1) is 6.84. The third kappa shape index (κ3) is 3.77. The normalized spacial score (nSPS) is 10.1. The van der Waals surface area contributed by atoms with Crippen molar-refractivity contribution in [3.05, 3.63) is 30.3 Å².